The molecule has 2 fully saturated rings. The number of nitrogens with zero attached hydrogens (tertiary/aromatic N) is 1. The highest BCUT2D eigenvalue weighted by molar-refractivity contribution is 7.99. The molecule has 0 aliphatic carbocycles. The minimum absolute atomic E-state index is 0.0742. The second kappa shape index (κ2) is 9.76. The Morgan fingerprint density at radius 3 is 2.38 bits per heavy atom. The van der Waals surface area contributed by atoms with Crippen LogP contribution < -0.4 is 5.32 Å². The fourth-order valence-corrected chi connectivity index (χ4v) is 4.39. The first-order chi connectivity index (χ1) is 11.4. The first-order valence-electron chi connectivity index (χ1n) is 8.31. The number of nitrogens with one attached hydrogen (secondary N) is 1. The number of amides is 2. The molecule has 24 heavy (non-hydrogen) atoms. The zero-order valence-electron chi connectivity index (χ0n) is 14.7. The summed E-state index contributed by atoms with van der Waals surface area (Å²) >= 11 is 1.87. The van der Waals surface area contributed by atoms with Crippen molar-refractivity contribution in [3.63, 3.8) is 0 Å². The van der Waals surface area contributed by atoms with Crippen LogP contribution in [0, 0.1) is 5.41 Å². The molecular weight excluding hydrogens is 332 g/mol. The molecule has 0 aromatic rings. The topological polar surface area (TPSA) is 95.9 Å². The maximum atomic E-state index is 12.2. The van der Waals surface area contributed by atoms with Crippen LogP contribution in [0.5, 0.6) is 0 Å². The van der Waals surface area contributed by atoms with Crippen molar-refractivity contribution in [3.05, 3.63) is 0 Å². The Morgan fingerprint density at radius 2 is 1.88 bits per heavy atom. The summed E-state index contributed by atoms with van der Waals surface area (Å²) in [5.74, 6) is 0.670. The van der Waals surface area contributed by atoms with Crippen molar-refractivity contribution in [3.8, 4) is 0 Å². The molecule has 1 atom stereocenters. The minimum atomic E-state index is -0.975. The van der Waals surface area contributed by atoms with Crippen LogP contribution in [0.1, 0.15) is 39.5 Å². The first kappa shape index (κ1) is 20.6. The van der Waals surface area contributed by atoms with E-state index in [9.17, 15) is 19.5 Å². The highest BCUT2D eigenvalue weighted by Crippen LogP contribution is 2.45. The molecule has 0 aromatic carbocycles. The predicted octanol–water partition coefficient (Wildman–Crippen LogP) is 1.96. The van der Waals surface area contributed by atoms with Gasteiger partial charge in [0.15, 0.2) is 0 Å². The number of carboxylic acid groups (broad SMARTS) is 1. The molecule has 7 nitrogen and oxygen atoms in total. The van der Waals surface area contributed by atoms with Crippen molar-refractivity contribution >= 4 is 29.7 Å². The molecule has 2 heterocycles. The fourth-order valence-electron chi connectivity index (χ4n) is 3.03. The summed E-state index contributed by atoms with van der Waals surface area (Å²) in [6.45, 7) is 4.48. The van der Waals surface area contributed by atoms with E-state index in [0.717, 1.165) is 24.3 Å². The Morgan fingerprint density at radius 1 is 1.29 bits per heavy atom. The second-order valence-electron chi connectivity index (χ2n) is 6.24. The SMILES string of the molecule is CCC.COC(=O)NCC(=O)N1CC2(CCSCC2)CC1C(=O)O. The molecule has 138 valence electrons. The number of hydrogen-bond acceptors (Lipinski definition) is 5. The molecule has 2 rings (SSSR count). The number of ether oxygens (including phenoxy) is 1. The fraction of sp³-hybridized carbons (Fsp3) is 0.812. The Bertz CT molecular complexity index is 452. The van der Waals surface area contributed by atoms with Crippen molar-refractivity contribution in [1.29, 1.82) is 0 Å². The summed E-state index contributed by atoms with van der Waals surface area (Å²) in [6, 6.07) is -0.792. The number of carboxylic acids is 1. The largest absolute Gasteiger partial charge is 0.480 e. The molecule has 8 heteroatoms. The van der Waals surface area contributed by atoms with Gasteiger partial charge in [0.05, 0.1) is 7.11 Å². The summed E-state index contributed by atoms with van der Waals surface area (Å²) < 4.78 is 4.41. The van der Waals surface area contributed by atoms with Gasteiger partial charge in [-0.1, -0.05) is 20.3 Å². The molecule has 2 aliphatic rings. The number of likely N-dealkylation sites (tertiary alicyclic amines) is 1. The van der Waals surface area contributed by atoms with Gasteiger partial charge in [-0.05, 0) is 36.2 Å². The van der Waals surface area contributed by atoms with Crippen molar-refractivity contribution in [1.82, 2.24) is 10.2 Å². The summed E-state index contributed by atoms with van der Waals surface area (Å²) in [5, 5.41) is 11.7. The van der Waals surface area contributed by atoms with Crippen LogP contribution in [0.25, 0.3) is 0 Å². The van der Waals surface area contributed by atoms with Gasteiger partial charge in [0.2, 0.25) is 5.91 Å². The van der Waals surface area contributed by atoms with Crippen molar-refractivity contribution in [2.45, 2.75) is 45.6 Å². The number of carbonyl (C=O) groups is 3. The molecule has 0 aromatic heterocycles. The van der Waals surface area contributed by atoms with Gasteiger partial charge in [0.1, 0.15) is 12.6 Å². The molecule has 0 bridgehead atoms. The third kappa shape index (κ3) is 5.58. The number of hydrogen-bond donors (Lipinski definition) is 2. The third-order valence-corrected chi connectivity index (χ3v) is 5.22. The van der Waals surface area contributed by atoms with Crippen LogP contribution in [0.3, 0.4) is 0 Å². The molecule has 1 unspecified atom stereocenters. The standard InChI is InChI=1S/C13H20N2O5S.C3H8/c1-20-12(19)14-7-10(16)15-8-13(2-4-21-5-3-13)6-9(15)11(17)18;1-3-2/h9H,2-8H2,1H3,(H,14,19)(H,17,18);3H2,1-2H3. The molecule has 2 aliphatic heterocycles. The number of methoxy groups -OCH3 is 1. The van der Waals surface area contributed by atoms with Crippen LogP contribution in [-0.4, -0.2) is 65.7 Å². The summed E-state index contributed by atoms with van der Waals surface area (Å²) in [4.78, 5) is 36.0. The average Bonchev–Trinajstić information content (AvgIpc) is 2.93. The van der Waals surface area contributed by atoms with E-state index in [4.69, 9.17) is 0 Å². The summed E-state index contributed by atoms with van der Waals surface area (Å²) in [7, 11) is 1.21. The van der Waals surface area contributed by atoms with E-state index in [1.54, 1.807) is 0 Å². The molecule has 2 saturated heterocycles. The number of carbonyl (C=O) groups excluding carboxylic acids is 2. The lowest BCUT2D eigenvalue weighted by molar-refractivity contribution is -0.147. The van der Waals surface area contributed by atoms with Crippen molar-refractivity contribution < 1.29 is 24.2 Å². The Hall–Kier alpha value is -1.44. The minimum Gasteiger partial charge on any atom is -0.480 e. The van der Waals surface area contributed by atoms with Gasteiger partial charge in [-0.15, -0.1) is 0 Å². The molecule has 0 radical (unpaired) electrons. The smallest absolute Gasteiger partial charge is 0.407 e. The molecule has 1 spiro atoms. The highest BCUT2D eigenvalue weighted by atomic mass is 32.2. The van der Waals surface area contributed by atoms with Crippen LogP contribution in [0.15, 0.2) is 0 Å². The summed E-state index contributed by atoms with van der Waals surface area (Å²) in [5.41, 5.74) is -0.0742. The van der Waals surface area contributed by atoms with Gasteiger partial charge in [0.25, 0.3) is 0 Å². The van der Waals surface area contributed by atoms with Crippen LogP contribution in [0.4, 0.5) is 4.79 Å². The van der Waals surface area contributed by atoms with Crippen molar-refractivity contribution in [2.24, 2.45) is 5.41 Å². The van der Waals surface area contributed by atoms with Crippen LogP contribution >= 0.6 is 11.8 Å². The zero-order chi connectivity index (χ0) is 18.2. The average molecular weight is 360 g/mol. The number of aliphatic carboxylic acids is 1. The van der Waals surface area contributed by atoms with E-state index >= 15 is 0 Å². The second-order valence-corrected chi connectivity index (χ2v) is 7.47. The lowest BCUT2D eigenvalue weighted by atomic mass is 9.80. The predicted molar refractivity (Wildman–Crippen MR) is 93.1 cm³/mol. The van der Waals surface area contributed by atoms with Gasteiger partial charge in [0, 0.05) is 6.54 Å². The maximum Gasteiger partial charge on any atom is 0.407 e. The van der Waals surface area contributed by atoms with E-state index in [0.29, 0.717) is 13.0 Å². The monoisotopic (exact) mass is 360 g/mol. The van der Waals surface area contributed by atoms with Gasteiger partial charge < -0.3 is 20.1 Å². The van der Waals surface area contributed by atoms with E-state index < -0.39 is 18.1 Å². The van der Waals surface area contributed by atoms with Crippen LogP contribution in [-0.2, 0) is 14.3 Å². The van der Waals surface area contributed by atoms with Gasteiger partial charge in [-0.25, -0.2) is 9.59 Å². The first-order valence-corrected chi connectivity index (χ1v) is 9.46. The summed E-state index contributed by atoms with van der Waals surface area (Å²) in [6.07, 6.45) is 2.94. The maximum absolute atomic E-state index is 12.2. The Kier molecular flexibility index (Phi) is 8.38. The van der Waals surface area contributed by atoms with E-state index in [1.807, 2.05) is 11.8 Å². The number of alkyl carbamates (subject to hydrolysis) is 1. The Labute approximate surface area is 147 Å². The van der Waals surface area contributed by atoms with Gasteiger partial charge in [-0.2, -0.15) is 11.8 Å². The van der Waals surface area contributed by atoms with E-state index in [2.05, 4.69) is 23.9 Å². The normalized spacial score (nSPS) is 21.6. The van der Waals surface area contributed by atoms with E-state index in [1.165, 1.54) is 18.4 Å². The van der Waals surface area contributed by atoms with Gasteiger partial charge >= 0.3 is 12.1 Å². The Balaban J connectivity index is 0.000000891. The third-order valence-electron chi connectivity index (χ3n) is 4.24. The molecule has 0 saturated carbocycles. The van der Waals surface area contributed by atoms with Crippen molar-refractivity contribution in [2.75, 3.05) is 31.7 Å². The molecule has 2 N–H and O–H groups in total. The highest BCUT2D eigenvalue weighted by Gasteiger charge is 2.48. The lowest BCUT2D eigenvalue weighted by Gasteiger charge is -2.32. The van der Waals surface area contributed by atoms with E-state index in [-0.39, 0.29) is 17.9 Å². The molecular formula is C16H28N2O5S. The van der Waals surface area contributed by atoms with Crippen LogP contribution in [0.2, 0.25) is 0 Å². The zero-order valence-corrected chi connectivity index (χ0v) is 15.5. The number of thioether (sulfide) groups is 1. The lowest BCUT2D eigenvalue weighted by Crippen LogP contribution is -2.46. The quantitative estimate of drug-likeness (QED) is 0.799. The number of rotatable bonds is 3. The molecule has 2 amide bonds. The van der Waals surface area contributed by atoms with Gasteiger partial charge in [-0.3, -0.25) is 4.79 Å².